The number of halogens is 1. The number of aryl methyl sites for hydroxylation is 1. The average molecular weight is 545 g/mol. The van der Waals surface area contributed by atoms with Crippen LogP contribution in [0.3, 0.4) is 0 Å². The third-order valence-corrected chi connectivity index (χ3v) is 7.63. The molecular formula is C25H25FN4O7S. The van der Waals surface area contributed by atoms with Crippen LogP contribution < -0.4 is 15.6 Å². The molecule has 0 radical (unpaired) electrons. The van der Waals surface area contributed by atoms with Gasteiger partial charge in [-0.15, -0.1) is 0 Å². The lowest BCUT2D eigenvalue weighted by Crippen LogP contribution is -2.44. The van der Waals surface area contributed by atoms with E-state index in [0.29, 0.717) is 33.5 Å². The molecule has 0 saturated carbocycles. The first-order chi connectivity index (χ1) is 17.7. The summed E-state index contributed by atoms with van der Waals surface area (Å²) in [6.45, 7) is 4.57. The lowest BCUT2D eigenvalue weighted by Gasteiger charge is -2.31. The van der Waals surface area contributed by atoms with Crippen LogP contribution in [0.1, 0.15) is 54.1 Å². The lowest BCUT2D eigenvalue weighted by atomic mass is 9.86. The molecule has 2 atom stereocenters. The van der Waals surface area contributed by atoms with Gasteiger partial charge in [-0.3, -0.25) is 4.79 Å². The van der Waals surface area contributed by atoms with Gasteiger partial charge in [-0.05, 0) is 43.5 Å². The molecule has 3 N–H and O–H groups in total. The second-order valence-corrected chi connectivity index (χ2v) is 11.4. The number of hydrogen-bond acceptors (Lipinski definition) is 8. The Morgan fingerprint density at radius 2 is 2.00 bits per heavy atom. The van der Waals surface area contributed by atoms with E-state index in [9.17, 15) is 32.3 Å². The van der Waals surface area contributed by atoms with Gasteiger partial charge in [0.1, 0.15) is 12.4 Å². The summed E-state index contributed by atoms with van der Waals surface area (Å²) in [5.41, 5.74) is 0.123. The van der Waals surface area contributed by atoms with Crippen LogP contribution >= 0.6 is 0 Å². The van der Waals surface area contributed by atoms with Crippen molar-refractivity contribution in [2.24, 2.45) is 0 Å². The average Bonchev–Trinajstić information content (AvgIpc) is 3.18. The number of urea groups is 1. The predicted molar refractivity (Wildman–Crippen MR) is 134 cm³/mol. The molecule has 4 heterocycles. The van der Waals surface area contributed by atoms with Crippen LogP contribution in [0, 0.1) is 12.7 Å². The zero-order valence-corrected chi connectivity index (χ0v) is 21.8. The van der Waals surface area contributed by atoms with E-state index in [1.807, 2.05) is 4.72 Å². The molecule has 0 saturated heterocycles. The van der Waals surface area contributed by atoms with Gasteiger partial charge in [-0.2, -0.15) is 0 Å². The summed E-state index contributed by atoms with van der Waals surface area (Å²) in [6, 6.07) is 2.63. The highest BCUT2D eigenvalue weighted by Crippen LogP contribution is 2.42. The number of cyclic esters (lactones) is 1. The molecule has 0 spiro atoms. The molecule has 2 aromatic heterocycles. The van der Waals surface area contributed by atoms with Crippen molar-refractivity contribution in [1.82, 2.24) is 19.6 Å². The first kappa shape index (κ1) is 25.8. The van der Waals surface area contributed by atoms with Crippen molar-refractivity contribution in [2.75, 3.05) is 6.26 Å². The molecule has 2 amide bonds. The first-order valence-corrected chi connectivity index (χ1v) is 13.7. The van der Waals surface area contributed by atoms with E-state index in [2.05, 4.69) is 10.3 Å². The number of nitrogens with one attached hydrogen (secondary N) is 2. The monoisotopic (exact) mass is 544 g/mol. The van der Waals surface area contributed by atoms with E-state index < -0.39 is 45.0 Å². The summed E-state index contributed by atoms with van der Waals surface area (Å²) in [5.74, 6) is -1.36. The molecular weight excluding hydrogens is 519 g/mol. The summed E-state index contributed by atoms with van der Waals surface area (Å²) in [7, 11) is -3.83. The minimum absolute atomic E-state index is 0.0220. The van der Waals surface area contributed by atoms with E-state index in [0.717, 1.165) is 6.26 Å². The van der Waals surface area contributed by atoms with Crippen molar-refractivity contribution in [3.05, 3.63) is 62.2 Å². The summed E-state index contributed by atoms with van der Waals surface area (Å²) >= 11 is 0. The number of amides is 2. The Balaban J connectivity index is 1.75. The maximum atomic E-state index is 14.6. The highest BCUT2D eigenvalue weighted by molar-refractivity contribution is 7.89. The molecule has 0 aliphatic carbocycles. The van der Waals surface area contributed by atoms with Crippen molar-refractivity contribution in [3.63, 3.8) is 0 Å². The van der Waals surface area contributed by atoms with E-state index in [1.165, 1.54) is 16.7 Å². The molecule has 0 bridgehead atoms. The fraction of sp³-hybridized carbons (Fsp3) is 0.360. The number of aromatic nitrogens is 2. The number of aliphatic hydroxyl groups is 1. The number of sulfonamides is 1. The molecule has 5 rings (SSSR count). The number of ether oxygens (including phenoxy) is 1. The van der Waals surface area contributed by atoms with Crippen LogP contribution in [0.2, 0.25) is 0 Å². The highest BCUT2D eigenvalue weighted by Gasteiger charge is 2.45. The minimum Gasteiger partial charge on any atom is -0.458 e. The molecule has 11 nitrogen and oxygen atoms in total. The highest BCUT2D eigenvalue weighted by atomic mass is 32.2. The number of nitrogens with zero attached hydrogens (tertiary/aromatic N) is 2. The van der Waals surface area contributed by atoms with Gasteiger partial charge in [-0.25, -0.2) is 32.1 Å². The number of benzene rings is 1. The van der Waals surface area contributed by atoms with E-state index in [4.69, 9.17) is 4.74 Å². The standard InChI is InChI=1S/C25H25FN4O7S/c1-5-25(34)16-7-19-21-14(9-30(19)22(31)15(16)10-37-23(25)32)20(12(3)27-24(33)29-38(4,35)36)13-6-11(2)17(26)8-18(13)28-21/h6-8,12,34H,5,9-10H2,1-4H3,(H2,27,29,33)/t12-,25+/m1/s1. The second kappa shape index (κ2) is 8.60. The molecule has 3 aromatic rings. The van der Waals surface area contributed by atoms with Crippen molar-refractivity contribution >= 4 is 32.9 Å². The molecule has 0 unspecified atom stereocenters. The number of esters is 1. The summed E-state index contributed by atoms with van der Waals surface area (Å²) in [4.78, 5) is 43.0. The summed E-state index contributed by atoms with van der Waals surface area (Å²) < 4.78 is 46.0. The Labute approximate surface area is 216 Å². The molecule has 2 aliphatic heterocycles. The Morgan fingerprint density at radius 3 is 2.66 bits per heavy atom. The normalized spacial score (nSPS) is 18.8. The number of fused-ring (bicyclic) bond motifs is 5. The van der Waals surface area contributed by atoms with Gasteiger partial charge in [0.25, 0.3) is 5.56 Å². The number of carbonyl (C=O) groups is 2. The fourth-order valence-corrected chi connectivity index (χ4v) is 5.60. The van der Waals surface area contributed by atoms with Gasteiger partial charge in [0, 0.05) is 22.6 Å². The Kier molecular flexibility index (Phi) is 5.84. The topological polar surface area (TPSA) is 157 Å². The van der Waals surface area contributed by atoms with Crippen LogP contribution in [-0.2, 0) is 38.3 Å². The minimum atomic E-state index is -3.83. The van der Waals surface area contributed by atoms with E-state index >= 15 is 0 Å². The lowest BCUT2D eigenvalue weighted by molar-refractivity contribution is -0.172. The van der Waals surface area contributed by atoms with Gasteiger partial charge < -0.3 is 19.7 Å². The van der Waals surface area contributed by atoms with Crippen LogP contribution in [0.4, 0.5) is 9.18 Å². The maximum absolute atomic E-state index is 14.6. The molecule has 0 fully saturated rings. The van der Waals surface area contributed by atoms with Crippen LogP contribution in [0.25, 0.3) is 22.3 Å². The van der Waals surface area contributed by atoms with Crippen molar-refractivity contribution < 1.29 is 32.2 Å². The number of rotatable bonds is 4. The number of hydrogen-bond donors (Lipinski definition) is 3. The van der Waals surface area contributed by atoms with Crippen LogP contribution in [0.15, 0.2) is 23.0 Å². The van der Waals surface area contributed by atoms with E-state index in [1.54, 1.807) is 26.8 Å². The third-order valence-electron chi connectivity index (χ3n) is 7.07. The number of pyridine rings is 2. The van der Waals surface area contributed by atoms with Crippen molar-refractivity contribution in [1.29, 1.82) is 0 Å². The second-order valence-electron chi connectivity index (χ2n) is 9.64. The molecule has 1 aromatic carbocycles. The third kappa shape index (κ3) is 3.93. The van der Waals surface area contributed by atoms with Gasteiger partial charge in [-0.1, -0.05) is 6.92 Å². The first-order valence-electron chi connectivity index (χ1n) is 11.8. The Hall–Kier alpha value is -3.84. The summed E-state index contributed by atoms with van der Waals surface area (Å²) in [5, 5.41) is 14.2. The molecule has 13 heteroatoms. The Bertz CT molecular complexity index is 1730. The van der Waals surface area contributed by atoms with Crippen LogP contribution in [0.5, 0.6) is 0 Å². The quantitative estimate of drug-likeness (QED) is 0.329. The largest absolute Gasteiger partial charge is 0.458 e. The molecule has 200 valence electrons. The zero-order chi connectivity index (χ0) is 27.7. The van der Waals surface area contributed by atoms with E-state index in [-0.39, 0.29) is 36.2 Å². The van der Waals surface area contributed by atoms with Crippen molar-refractivity contribution in [3.8, 4) is 11.4 Å². The molecule has 2 aliphatic rings. The van der Waals surface area contributed by atoms with Crippen LogP contribution in [-0.4, -0.2) is 41.3 Å². The van der Waals surface area contributed by atoms with Gasteiger partial charge in [0.05, 0.1) is 41.3 Å². The van der Waals surface area contributed by atoms with Gasteiger partial charge in [0.15, 0.2) is 5.60 Å². The molecule has 38 heavy (non-hydrogen) atoms. The summed E-state index contributed by atoms with van der Waals surface area (Å²) in [6.07, 6.45) is 0.825. The smallest absolute Gasteiger partial charge is 0.343 e. The fourth-order valence-electron chi connectivity index (χ4n) is 5.20. The SMILES string of the molecule is CC[C@@]1(O)C(=O)OCc2c1cc1n(c2=O)Cc2c-1nc1cc(F)c(C)cc1c2[C@@H](C)NC(=O)NS(C)(=O)=O. The Morgan fingerprint density at radius 1 is 1.29 bits per heavy atom. The van der Waals surface area contributed by atoms with Crippen molar-refractivity contribution in [2.45, 2.75) is 52.0 Å². The zero-order valence-electron chi connectivity index (χ0n) is 21.0. The van der Waals surface area contributed by atoms with Gasteiger partial charge in [0.2, 0.25) is 10.0 Å². The predicted octanol–water partition coefficient (Wildman–Crippen LogP) is 1.85. The maximum Gasteiger partial charge on any atom is 0.343 e. The van der Waals surface area contributed by atoms with Gasteiger partial charge >= 0.3 is 12.0 Å². The number of carbonyl (C=O) groups excluding carboxylic acids is 2.